The second-order valence-electron chi connectivity index (χ2n) is 8.31. The van der Waals surface area contributed by atoms with Crippen LogP contribution < -0.4 is 24.3 Å². The quantitative estimate of drug-likeness (QED) is 0.321. The summed E-state index contributed by atoms with van der Waals surface area (Å²) in [5, 5.41) is 2.66. The van der Waals surface area contributed by atoms with E-state index in [0.717, 1.165) is 5.56 Å². The Kier molecular flexibility index (Phi) is 7.10. The van der Waals surface area contributed by atoms with Crippen LogP contribution in [-0.4, -0.2) is 47.4 Å². The Bertz CT molecular complexity index is 1570. The molecular weight excluding hydrogens is 515 g/mol. The largest absolute Gasteiger partial charge is 0.493 e. The number of hydrogen-bond acceptors (Lipinski definition) is 9. The van der Waals surface area contributed by atoms with Gasteiger partial charge >= 0.3 is 0 Å². The maximum Gasteiger partial charge on any atom is 0.233 e. The summed E-state index contributed by atoms with van der Waals surface area (Å²) >= 11 is 0. The van der Waals surface area contributed by atoms with Gasteiger partial charge in [0.05, 0.1) is 24.7 Å². The molecule has 0 saturated heterocycles. The first-order valence-corrected chi connectivity index (χ1v) is 13.2. The van der Waals surface area contributed by atoms with Crippen LogP contribution in [0.2, 0.25) is 0 Å². The molecule has 1 aliphatic rings. The van der Waals surface area contributed by atoms with E-state index in [9.17, 15) is 12.8 Å². The summed E-state index contributed by atoms with van der Waals surface area (Å²) in [7, 11) is -1.08. The van der Waals surface area contributed by atoms with E-state index in [1.54, 1.807) is 26.4 Å². The van der Waals surface area contributed by atoms with Gasteiger partial charge in [-0.1, -0.05) is 18.2 Å². The van der Waals surface area contributed by atoms with E-state index in [1.807, 2.05) is 12.1 Å². The van der Waals surface area contributed by atoms with Crippen LogP contribution in [0.5, 0.6) is 23.0 Å². The summed E-state index contributed by atoms with van der Waals surface area (Å²) in [5.41, 5.74) is 0.958. The number of oxazole rings is 1. The van der Waals surface area contributed by atoms with Crippen molar-refractivity contribution in [3.63, 3.8) is 0 Å². The molecule has 0 amide bonds. The lowest BCUT2D eigenvalue weighted by Gasteiger charge is -2.18. The Hall–Kier alpha value is -4.25. The van der Waals surface area contributed by atoms with Crippen LogP contribution in [0.15, 0.2) is 75.0 Å². The molecule has 0 saturated carbocycles. The van der Waals surface area contributed by atoms with Crippen LogP contribution in [0.25, 0.3) is 11.5 Å². The lowest BCUT2D eigenvalue weighted by atomic mass is 10.1. The molecule has 2 heterocycles. The maximum absolute atomic E-state index is 14.5. The van der Waals surface area contributed by atoms with Gasteiger partial charge in [0.15, 0.2) is 23.0 Å². The van der Waals surface area contributed by atoms with Crippen molar-refractivity contribution >= 4 is 15.7 Å². The average molecular weight is 541 g/mol. The molecule has 1 N–H and O–H groups in total. The lowest BCUT2D eigenvalue weighted by molar-refractivity contribution is 0.171. The molecule has 0 atom stereocenters. The maximum atomic E-state index is 14.5. The minimum absolute atomic E-state index is 0.0408. The molecule has 0 unspecified atom stereocenters. The fourth-order valence-corrected chi connectivity index (χ4v) is 5.30. The number of nitrogens with zero attached hydrogens (tertiary/aromatic N) is 1. The smallest absolute Gasteiger partial charge is 0.233 e. The van der Waals surface area contributed by atoms with Gasteiger partial charge in [-0.2, -0.15) is 4.98 Å². The Labute approximate surface area is 219 Å². The summed E-state index contributed by atoms with van der Waals surface area (Å²) in [6.45, 7) is 0.981. The standard InChI is InChI=1S/C27H25FN2O7S/c1-33-21-9-7-17(15-23(21)34-2)11-12-29-26-27(30-25(37-26)19-5-3-4-6-20(19)28)38(31,32)18-8-10-22-24(16-18)36-14-13-35-22/h3-10,15-16,29H,11-14H2,1-2H3. The summed E-state index contributed by atoms with van der Waals surface area (Å²) in [6, 6.07) is 15.7. The van der Waals surface area contributed by atoms with Crippen molar-refractivity contribution in [1.29, 1.82) is 0 Å². The molecule has 9 nitrogen and oxygen atoms in total. The van der Waals surface area contributed by atoms with Gasteiger partial charge in [0, 0.05) is 12.6 Å². The summed E-state index contributed by atoms with van der Waals surface area (Å²) < 4.78 is 69.3. The van der Waals surface area contributed by atoms with Gasteiger partial charge < -0.3 is 28.7 Å². The summed E-state index contributed by atoms with van der Waals surface area (Å²) in [6.07, 6.45) is 0.500. The second kappa shape index (κ2) is 10.6. The van der Waals surface area contributed by atoms with Crippen LogP contribution in [0.4, 0.5) is 10.3 Å². The van der Waals surface area contributed by atoms with Gasteiger partial charge in [0.1, 0.15) is 19.0 Å². The van der Waals surface area contributed by atoms with Gasteiger partial charge in [-0.3, -0.25) is 0 Å². The fourth-order valence-electron chi connectivity index (χ4n) is 4.01. The minimum atomic E-state index is -4.18. The number of methoxy groups -OCH3 is 2. The van der Waals surface area contributed by atoms with E-state index >= 15 is 0 Å². The Morgan fingerprint density at radius 1 is 0.947 bits per heavy atom. The van der Waals surface area contributed by atoms with E-state index in [-0.39, 0.29) is 27.3 Å². The van der Waals surface area contributed by atoms with Gasteiger partial charge in [0.25, 0.3) is 0 Å². The number of halogens is 1. The van der Waals surface area contributed by atoms with Crippen LogP contribution in [0.3, 0.4) is 0 Å². The molecule has 198 valence electrons. The molecule has 38 heavy (non-hydrogen) atoms. The molecule has 4 aromatic rings. The zero-order valence-corrected chi connectivity index (χ0v) is 21.5. The normalized spacial score (nSPS) is 12.7. The lowest BCUT2D eigenvalue weighted by Crippen LogP contribution is -2.16. The van der Waals surface area contributed by atoms with E-state index in [4.69, 9.17) is 23.4 Å². The number of hydrogen-bond donors (Lipinski definition) is 1. The van der Waals surface area contributed by atoms with Crippen molar-refractivity contribution in [1.82, 2.24) is 4.98 Å². The van der Waals surface area contributed by atoms with E-state index in [2.05, 4.69) is 10.3 Å². The molecular formula is C27H25FN2O7S. The molecule has 0 radical (unpaired) electrons. The van der Waals surface area contributed by atoms with Crippen molar-refractivity contribution in [2.75, 3.05) is 39.3 Å². The van der Waals surface area contributed by atoms with Crippen molar-refractivity contribution in [3.05, 3.63) is 72.0 Å². The molecule has 0 bridgehead atoms. The number of ether oxygens (including phenoxy) is 4. The zero-order valence-electron chi connectivity index (χ0n) is 20.7. The van der Waals surface area contributed by atoms with Crippen LogP contribution in [-0.2, 0) is 16.3 Å². The highest BCUT2D eigenvalue weighted by atomic mass is 32.2. The first-order chi connectivity index (χ1) is 18.4. The van der Waals surface area contributed by atoms with E-state index in [0.29, 0.717) is 49.2 Å². The predicted molar refractivity (Wildman–Crippen MR) is 137 cm³/mol. The molecule has 0 aliphatic carbocycles. The second-order valence-corrected chi connectivity index (χ2v) is 10.2. The van der Waals surface area contributed by atoms with Gasteiger partial charge in [-0.05, 0) is 48.4 Å². The number of aromatic nitrogens is 1. The van der Waals surface area contributed by atoms with E-state index < -0.39 is 15.7 Å². The first-order valence-electron chi connectivity index (χ1n) is 11.8. The number of anilines is 1. The van der Waals surface area contributed by atoms with Gasteiger partial charge in [-0.15, -0.1) is 0 Å². The highest BCUT2D eigenvalue weighted by Crippen LogP contribution is 2.37. The third kappa shape index (κ3) is 4.97. The third-order valence-electron chi connectivity index (χ3n) is 5.93. The number of benzene rings is 3. The average Bonchev–Trinajstić information content (AvgIpc) is 3.37. The van der Waals surface area contributed by atoms with Crippen molar-refractivity contribution in [3.8, 4) is 34.5 Å². The SMILES string of the molecule is COc1ccc(CCNc2oc(-c3ccccc3F)nc2S(=O)(=O)c2ccc3c(c2)OCCO3)cc1OC. The van der Waals surface area contributed by atoms with Crippen LogP contribution in [0, 0.1) is 5.82 Å². The molecule has 3 aromatic carbocycles. The van der Waals surface area contributed by atoms with Crippen LogP contribution in [0.1, 0.15) is 5.56 Å². The number of rotatable bonds is 9. The molecule has 5 rings (SSSR count). The summed E-state index contributed by atoms with van der Waals surface area (Å²) in [5.74, 6) is 1.10. The van der Waals surface area contributed by atoms with Gasteiger partial charge in [-0.25, -0.2) is 12.8 Å². The van der Waals surface area contributed by atoms with Crippen molar-refractivity contribution < 1.29 is 36.2 Å². The Morgan fingerprint density at radius 2 is 1.71 bits per heavy atom. The predicted octanol–water partition coefficient (Wildman–Crippen LogP) is 4.76. The Balaban J connectivity index is 1.47. The zero-order chi connectivity index (χ0) is 26.7. The molecule has 1 aliphatic heterocycles. The third-order valence-corrected chi connectivity index (χ3v) is 7.59. The number of sulfone groups is 1. The fraction of sp³-hybridized carbons (Fsp3) is 0.222. The number of fused-ring (bicyclic) bond motifs is 1. The Morgan fingerprint density at radius 3 is 2.47 bits per heavy atom. The van der Waals surface area contributed by atoms with Gasteiger partial charge in [0.2, 0.25) is 26.6 Å². The monoisotopic (exact) mass is 540 g/mol. The number of nitrogens with one attached hydrogen (secondary N) is 1. The van der Waals surface area contributed by atoms with Crippen molar-refractivity contribution in [2.24, 2.45) is 0 Å². The van der Waals surface area contributed by atoms with Crippen LogP contribution >= 0.6 is 0 Å². The van der Waals surface area contributed by atoms with Crippen molar-refractivity contribution in [2.45, 2.75) is 16.3 Å². The highest BCUT2D eigenvalue weighted by Gasteiger charge is 2.30. The molecule has 11 heteroatoms. The minimum Gasteiger partial charge on any atom is -0.493 e. The first kappa shape index (κ1) is 25.4. The molecule has 1 aromatic heterocycles. The molecule has 0 spiro atoms. The molecule has 0 fully saturated rings. The van der Waals surface area contributed by atoms with E-state index in [1.165, 1.54) is 36.4 Å². The topological polar surface area (TPSA) is 109 Å². The highest BCUT2D eigenvalue weighted by molar-refractivity contribution is 7.91. The summed E-state index contributed by atoms with van der Waals surface area (Å²) in [4.78, 5) is 4.15.